The lowest BCUT2D eigenvalue weighted by Gasteiger charge is -2.39. The summed E-state index contributed by atoms with van der Waals surface area (Å²) in [5.41, 5.74) is 0. The summed E-state index contributed by atoms with van der Waals surface area (Å²) in [5, 5.41) is 5.98. The molecule has 0 saturated heterocycles. The van der Waals surface area contributed by atoms with Gasteiger partial charge in [0.15, 0.2) is 0 Å². The first-order chi connectivity index (χ1) is 5.07. The van der Waals surface area contributed by atoms with Gasteiger partial charge < -0.3 is 5.40 Å². The number of rotatable bonds is 3. The predicted octanol–water partition coefficient (Wildman–Crippen LogP) is 2.53. The molecule has 0 radical (unpaired) electrons. The Morgan fingerprint density at radius 2 is 1.25 bits per heavy atom. The van der Waals surface area contributed by atoms with Gasteiger partial charge in [-0.25, -0.2) is 0 Å². The van der Waals surface area contributed by atoms with Crippen LogP contribution in [0.15, 0.2) is 0 Å². The summed E-state index contributed by atoms with van der Waals surface area (Å²) in [6, 6.07) is 0. The molecule has 0 aromatic carbocycles. The van der Waals surface area contributed by atoms with Gasteiger partial charge in [-0.2, -0.15) is 11.1 Å². The standard InChI is InChI=1S/C7H22ClNSi3/c1-11(2,3)7(10(8)9)12(4,5)6/h7,10H,9H2,1-6H3. The van der Waals surface area contributed by atoms with Crippen LogP contribution in [0.25, 0.3) is 0 Å². The van der Waals surface area contributed by atoms with E-state index in [-0.39, 0.29) is 0 Å². The predicted molar refractivity (Wildman–Crippen MR) is 67.6 cm³/mol. The minimum Gasteiger partial charge on any atom is -0.341 e. The maximum atomic E-state index is 6.20. The van der Waals surface area contributed by atoms with Crippen LogP contribution in [0.4, 0.5) is 0 Å². The van der Waals surface area contributed by atoms with E-state index < -0.39 is 24.4 Å². The highest BCUT2D eigenvalue weighted by molar-refractivity contribution is 7.21. The van der Waals surface area contributed by atoms with Crippen molar-refractivity contribution in [1.29, 1.82) is 0 Å². The van der Waals surface area contributed by atoms with Crippen molar-refractivity contribution in [3.8, 4) is 0 Å². The molecule has 1 nitrogen and oxygen atoms in total. The Morgan fingerprint density at radius 1 is 1.00 bits per heavy atom. The smallest absolute Gasteiger partial charge is 0.206 e. The zero-order valence-electron chi connectivity index (χ0n) is 9.11. The Balaban J connectivity index is 4.70. The van der Waals surface area contributed by atoms with Gasteiger partial charge in [-0.05, 0) is 4.79 Å². The molecule has 12 heavy (non-hydrogen) atoms. The van der Waals surface area contributed by atoms with Crippen LogP contribution in [-0.4, -0.2) is 24.4 Å². The first-order valence-corrected chi connectivity index (χ1v) is 14.7. The van der Waals surface area contributed by atoms with Crippen LogP contribution in [0.5, 0.6) is 0 Å². The molecule has 0 aliphatic heterocycles. The zero-order valence-corrected chi connectivity index (χ0v) is 13.0. The second kappa shape index (κ2) is 3.96. The van der Waals surface area contributed by atoms with Crippen LogP contribution in [-0.2, 0) is 0 Å². The van der Waals surface area contributed by atoms with Crippen LogP contribution in [0.1, 0.15) is 0 Å². The third-order valence-electron chi connectivity index (χ3n) is 2.18. The van der Waals surface area contributed by atoms with E-state index in [1.54, 1.807) is 0 Å². The maximum absolute atomic E-state index is 6.20. The highest BCUT2D eigenvalue weighted by Crippen LogP contribution is 2.33. The zero-order chi connectivity index (χ0) is 10.2. The molecular formula is C7H22ClNSi3. The summed E-state index contributed by atoms with van der Waals surface area (Å²) in [4.78, 5) is 0.742. The number of hydrogen-bond acceptors (Lipinski definition) is 1. The van der Waals surface area contributed by atoms with Crippen LogP contribution in [0, 0.1) is 0 Å². The van der Waals surface area contributed by atoms with E-state index in [1.165, 1.54) is 0 Å². The second-order valence-electron chi connectivity index (χ2n) is 5.65. The van der Waals surface area contributed by atoms with E-state index >= 15 is 0 Å². The van der Waals surface area contributed by atoms with Crippen LogP contribution in [0.3, 0.4) is 0 Å². The third kappa shape index (κ3) is 3.74. The second-order valence-corrected chi connectivity index (χ2v) is 21.3. The molecule has 0 rings (SSSR count). The molecule has 0 saturated carbocycles. The summed E-state index contributed by atoms with van der Waals surface area (Å²) in [6.07, 6.45) is 0. The van der Waals surface area contributed by atoms with Crippen molar-refractivity contribution in [2.24, 2.45) is 5.40 Å². The fourth-order valence-electron chi connectivity index (χ4n) is 2.25. The third-order valence-corrected chi connectivity index (χ3v) is 21.9. The largest absolute Gasteiger partial charge is 0.341 e. The molecule has 1 unspecified atom stereocenters. The Morgan fingerprint density at radius 3 is 1.25 bits per heavy atom. The molecule has 0 amide bonds. The van der Waals surface area contributed by atoms with Gasteiger partial charge in [0, 0.05) is 16.1 Å². The molecule has 0 bridgehead atoms. The first-order valence-electron chi connectivity index (χ1n) is 4.46. The lowest BCUT2D eigenvalue weighted by atomic mass is 11.7. The molecular weight excluding hydrogens is 218 g/mol. The number of nitrogens with two attached hydrogens (primary N) is 1. The lowest BCUT2D eigenvalue weighted by Crippen LogP contribution is -2.53. The molecule has 1 atom stereocenters. The lowest BCUT2D eigenvalue weighted by molar-refractivity contribution is 1.39. The van der Waals surface area contributed by atoms with Crippen molar-refractivity contribution in [2.75, 3.05) is 0 Å². The molecule has 0 aliphatic rings. The summed E-state index contributed by atoms with van der Waals surface area (Å²) in [5.74, 6) is 0. The van der Waals surface area contributed by atoms with E-state index in [1.807, 2.05) is 0 Å². The van der Waals surface area contributed by atoms with Crippen molar-refractivity contribution in [1.82, 2.24) is 0 Å². The highest BCUT2D eigenvalue weighted by atomic mass is 35.6. The SMILES string of the molecule is C[Si](C)(C)C([SiH](N)Cl)[Si](C)(C)C. The maximum Gasteiger partial charge on any atom is 0.206 e. The van der Waals surface area contributed by atoms with E-state index in [4.69, 9.17) is 16.5 Å². The van der Waals surface area contributed by atoms with E-state index in [9.17, 15) is 0 Å². The van der Waals surface area contributed by atoms with E-state index in [0.29, 0.717) is 0 Å². The van der Waals surface area contributed by atoms with Gasteiger partial charge in [-0.1, -0.05) is 39.3 Å². The Bertz CT molecular complexity index is 134. The minimum atomic E-state index is -1.44. The number of halogens is 1. The minimum absolute atomic E-state index is 0.742. The van der Waals surface area contributed by atoms with Gasteiger partial charge in [0.1, 0.15) is 0 Å². The summed E-state index contributed by atoms with van der Waals surface area (Å²) < 4.78 is 0. The monoisotopic (exact) mass is 239 g/mol. The molecule has 2 N–H and O–H groups in total. The molecule has 0 fully saturated rings. The molecule has 0 aliphatic carbocycles. The Labute approximate surface area is 85.1 Å². The van der Waals surface area contributed by atoms with Crippen LogP contribution < -0.4 is 5.40 Å². The Hall–Kier alpha value is 0.901. The van der Waals surface area contributed by atoms with Gasteiger partial charge >= 0.3 is 0 Å². The van der Waals surface area contributed by atoms with Crippen molar-refractivity contribution in [3.05, 3.63) is 0 Å². The van der Waals surface area contributed by atoms with Gasteiger partial charge in [-0.3, -0.25) is 0 Å². The molecule has 0 aromatic heterocycles. The van der Waals surface area contributed by atoms with Crippen molar-refractivity contribution in [2.45, 2.75) is 44.1 Å². The molecule has 0 heterocycles. The van der Waals surface area contributed by atoms with Gasteiger partial charge in [0.25, 0.3) is 0 Å². The fraction of sp³-hybridized carbons (Fsp3) is 1.00. The number of hydrogen-bond donors (Lipinski definition) is 1. The van der Waals surface area contributed by atoms with Crippen LogP contribution in [0.2, 0.25) is 44.1 Å². The van der Waals surface area contributed by atoms with Gasteiger partial charge in [-0.15, -0.1) is 0 Å². The topological polar surface area (TPSA) is 26.0 Å². The normalized spacial score (nSPS) is 16.8. The molecule has 74 valence electrons. The molecule has 5 heteroatoms. The van der Waals surface area contributed by atoms with E-state index in [2.05, 4.69) is 39.3 Å². The van der Waals surface area contributed by atoms with Gasteiger partial charge in [0.05, 0.1) is 0 Å². The quantitative estimate of drug-likeness (QED) is 0.595. The van der Waals surface area contributed by atoms with E-state index in [0.717, 1.165) is 4.79 Å². The highest BCUT2D eigenvalue weighted by Gasteiger charge is 2.41. The van der Waals surface area contributed by atoms with Crippen molar-refractivity contribution < 1.29 is 0 Å². The van der Waals surface area contributed by atoms with Gasteiger partial charge in [0.2, 0.25) is 8.27 Å². The summed E-state index contributed by atoms with van der Waals surface area (Å²) in [7, 11) is -3.68. The average Bonchev–Trinajstić information content (AvgIpc) is 1.49. The fourth-order valence-corrected chi connectivity index (χ4v) is 27.1. The van der Waals surface area contributed by atoms with Crippen LogP contribution >= 0.6 is 11.1 Å². The summed E-state index contributed by atoms with van der Waals surface area (Å²) in [6.45, 7) is 14.4. The first kappa shape index (κ1) is 12.9. The Kier molecular flexibility index (Phi) is 4.26. The average molecular weight is 240 g/mol. The molecule has 0 aromatic rings. The summed E-state index contributed by atoms with van der Waals surface area (Å²) >= 11 is 6.20. The van der Waals surface area contributed by atoms with Crippen molar-refractivity contribution >= 4 is 35.5 Å². The molecule has 0 spiro atoms. The van der Waals surface area contributed by atoms with Crippen molar-refractivity contribution in [3.63, 3.8) is 0 Å².